The standard InChI is InChI=1S/C31H38ClN3O5S/c1-21(2)18-33-31(37)24(5)34(19-25-11-7-22(3)8-12-25)30(36)20-35(28-17-26(32)13-16-29(28)40-6)41(38,39)27-14-9-23(4)10-15-27/h7-17,21,24H,18-20H2,1-6H3,(H,33,37)/t24-/m1/s1. The van der Waals surface area contributed by atoms with Crippen LogP contribution in [0.25, 0.3) is 0 Å². The van der Waals surface area contributed by atoms with Crippen LogP contribution in [0.2, 0.25) is 5.02 Å². The van der Waals surface area contributed by atoms with Gasteiger partial charge in [0.15, 0.2) is 0 Å². The van der Waals surface area contributed by atoms with Crippen molar-refractivity contribution in [2.45, 2.75) is 52.1 Å². The van der Waals surface area contributed by atoms with E-state index in [9.17, 15) is 18.0 Å². The lowest BCUT2D eigenvalue weighted by molar-refractivity contribution is -0.139. The molecule has 1 N–H and O–H groups in total. The fraction of sp³-hybridized carbons (Fsp3) is 0.355. The van der Waals surface area contributed by atoms with Crippen molar-refractivity contribution in [1.82, 2.24) is 10.2 Å². The van der Waals surface area contributed by atoms with E-state index < -0.39 is 28.5 Å². The summed E-state index contributed by atoms with van der Waals surface area (Å²) in [7, 11) is -2.84. The minimum Gasteiger partial charge on any atom is -0.495 e. The molecule has 1 atom stereocenters. The van der Waals surface area contributed by atoms with Crippen LogP contribution in [0, 0.1) is 19.8 Å². The number of hydrogen-bond acceptors (Lipinski definition) is 5. The molecule has 220 valence electrons. The molecule has 8 nitrogen and oxygen atoms in total. The van der Waals surface area contributed by atoms with Gasteiger partial charge in [-0.2, -0.15) is 0 Å². The molecule has 0 heterocycles. The third kappa shape index (κ3) is 8.24. The monoisotopic (exact) mass is 599 g/mol. The number of sulfonamides is 1. The summed E-state index contributed by atoms with van der Waals surface area (Å²) in [5.74, 6) is -0.438. The zero-order valence-corrected chi connectivity index (χ0v) is 25.9. The molecule has 0 aromatic heterocycles. The van der Waals surface area contributed by atoms with Gasteiger partial charge in [0.1, 0.15) is 18.3 Å². The highest BCUT2D eigenvalue weighted by molar-refractivity contribution is 7.92. The summed E-state index contributed by atoms with van der Waals surface area (Å²) in [6.45, 7) is 9.39. The van der Waals surface area contributed by atoms with Gasteiger partial charge in [0.2, 0.25) is 11.8 Å². The summed E-state index contributed by atoms with van der Waals surface area (Å²) >= 11 is 6.28. The summed E-state index contributed by atoms with van der Waals surface area (Å²) in [5.41, 5.74) is 2.86. The quantitative estimate of drug-likeness (QED) is 0.303. The van der Waals surface area contributed by atoms with Gasteiger partial charge in [-0.25, -0.2) is 8.42 Å². The van der Waals surface area contributed by atoms with Gasteiger partial charge in [0.05, 0.1) is 17.7 Å². The van der Waals surface area contributed by atoms with Crippen molar-refractivity contribution in [3.05, 3.63) is 88.4 Å². The van der Waals surface area contributed by atoms with Gasteiger partial charge < -0.3 is 15.0 Å². The Labute approximate surface area is 248 Å². The fourth-order valence-electron chi connectivity index (χ4n) is 4.13. The Hall–Kier alpha value is -3.56. The SMILES string of the molecule is COc1ccc(Cl)cc1N(CC(=O)N(Cc1ccc(C)cc1)[C@H](C)C(=O)NCC(C)C)S(=O)(=O)c1ccc(C)cc1. The summed E-state index contributed by atoms with van der Waals surface area (Å²) < 4.78 is 34.5. The topological polar surface area (TPSA) is 96.0 Å². The van der Waals surface area contributed by atoms with E-state index in [1.807, 2.05) is 52.0 Å². The van der Waals surface area contributed by atoms with Gasteiger partial charge in [0, 0.05) is 18.1 Å². The first kappa shape index (κ1) is 32.0. The van der Waals surface area contributed by atoms with Crippen LogP contribution in [0.3, 0.4) is 0 Å². The molecule has 0 saturated heterocycles. The molecule has 0 fully saturated rings. The molecule has 0 radical (unpaired) electrons. The van der Waals surface area contributed by atoms with Crippen molar-refractivity contribution in [2.24, 2.45) is 5.92 Å². The van der Waals surface area contributed by atoms with Crippen molar-refractivity contribution in [3.8, 4) is 5.75 Å². The number of nitrogens with zero attached hydrogens (tertiary/aromatic N) is 2. The molecule has 0 bridgehead atoms. The number of anilines is 1. The number of aryl methyl sites for hydroxylation is 2. The van der Waals surface area contributed by atoms with E-state index in [1.54, 1.807) is 31.2 Å². The number of amides is 2. The van der Waals surface area contributed by atoms with Gasteiger partial charge in [-0.05, 0) is 62.6 Å². The number of nitrogens with one attached hydrogen (secondary N) is 1. The number of rotatable bonds is 12. The normalized spacial score (nSPS) is 12.1. The third-order valence-electron chi connectivity index (χ3n) is 6.62. The zero-order chi connectivity index (χ0) is 30.3. The van der Waals surface area contributed by atoms with Crippen molar-refractivity contribution >= 4 is 39.1 Å². The van der Waals surface area contributed by atoms with E-state index in [0.717, 1.165) is 21.0 Å². The van der Waals surface area contributed by atoms with E-state index in [4.69, 9.17) is 16.3 Å². The lowest BCUT2D eigenvalue weighted by Crippen LogP contribution is -2.51. The molecule has 3 rings (SSSR count). The second kappa shape index (κ2) is 13.9. The number of halogens is 1. The maximum absolute atomic E-state index is 14.1. The van der Waals surface area contributed by atoms with Crippen LogP contribution in [0.4, 0.5) is 5.69 Å². The Bertz CT molecular complexity index is 1460. The molecule has 0 spiro atoms. The second-order valence-electron chi connectivity index (χ2n) is 10.5. The van der Waals surface area contributed by atoms with Crippen LogP contribution in [0.15, 0.2) is 71.6 Å². The molecule has 3 aromatic carbocycles. The maximum Gasteiger partial charge on any atom is 0.264 e. The number of benzene rings is 3. The Kier molecular flexibility index (Phi) is 10.8. The molecule has 0 aliphatic rings. The molecular formula is C31H38ClN3O5S. The number of methoxy groups -OCH3 is 1. The molecule has 41 heavy (non-hydrogen) atoms. The van der Waals surface area contributed by atoms with Crippen molar-refractivity contribution in [3.63, 3.8) is 0 Å². The highest BCUT2D eigenvalue weighted by Crippen LogP contribution is 2.35. The van der Waals surface area contributed by atoms with E-state index >= 15 is 0 Å². The van der Waals surface area contributed by atoms with Gasteiger partial charge in [-0.3, -0.25) is 13.9 Å². The highest BCUT2D eigenvalue weighted by atomic mass is 35.5. The minimum absolute atomic E-state index is 0.00531. The van der Waals surface area contributed by atoms with Crippen LogP contribution in [0.1, 0.15) is 37.5 Å². The number of ether oxygens (including phenoxy) is 1. The van der Waals surface area contributed by atoms with E-state index in [-0.39, 0.29) is 39.7 Å². The Morgan fingerprint density at radius 3 is 2.07 bits per heavy atom. The fourth-order valence-corrected chi connectivity index (χ4v) is 5.72. The summed E-state index contributed by atoms with van der Waals surface area (Å²) in [6, 6.07) is 17.7. The summed E-state index contributed by atoms with van der Waals surface area (Å²) in [4.78, 5) is 28.6. The molecule has 3 aromatic rings. The average Bonchev–Trinajstić information content (AvgIpc) is 2.93. The predicted octanol–water partition coefficient (Wildman–Crippen LogP) is 5.35. The molecule has 0 aliphatic carbocycles. The van der Waals surface area contributed by atoms with Crippen molar-refractivity contribution in [1.29, 1.82) is 0 Å². The molecule has 0 unspecified atom stereocenters. The van der Waals surface area contributed by atoms with E-state index in [1.165, 1.54) is 30.2 Å². The van der Waals surface area contributed by atoms with Crippen molar-refractivity contribution in [2.75, 3.05) is 24.5 Å². The van der Waals surface area contributed by atoms with Crippen LogP contribution in [0.5, 0.6) is 5.75 Å². The smallest absolute Gasteiger partial charge is 0.264 e. The van der Waals surface area contributed by atoms with Crippen LogP contribution < -0.4 is 14.4 Å². The lowest BCUT2D eigenvalue weighted by atomic mass is 10.1. The molecule has 0 saturated carbocycles. The number of carbonyl (C=O) groups is 2. The van der Waals surface area contributed by atoms with Gasteiger partial charge in [-0.1, -0.05) is 73.0 Å². The average molecular weight is 600 g/mol. The molecule has 2 amide bonds. The van der Waals surface area contributed by atoms with Gasteiger partial charge >= 0.3 is 0 Å². The Morgan fingerprint density at radius 2 is 1.51 bits per heavy atom. The predicted molar refractivity (Wildman–Crippen MR) is 163 cm³/mol. The number of carbonyl (C=O) groups excluding carboxylic acids is 2. The molecule has 0 aliphatic heterocycles. The van der Waals surface area contributed by atoms with Crippen LogP contribution >= 0.6 is 11.6 Å². The van der Waals surface area contributed by atoms with Gasteiger partial charge in [-0.15, -0.1) is 0 Å². The first-order valence-electron chi connectivity index (χ1n) is 13.4. The van der Waals surface area contributed by atoms with Gasteiger partial charge in [0.25, 0.3) is 10.0 Å². The maximum atomic E-state index is 14.1. The third-order valence-corrected chi connectivity index (χ3v) is 8.63. The van der Waals surface area contributed by atoms with E-state index in [2.05, 4.69) is 5.32 Å². The second-order valence-corrected chi connectivity index (χ2v) is 12.8. The summed E-state index contributed by atoms with van der Waals surface area (Å²) in [6.07, 6.45) is 0. The van der Waals surface area contributed by atoms with Crippen LogP contribution in [-0.2, 0) is 26.2 Å². The highest BCUT2D eigenvalue weighted by Gasteiger charge is 2.34. The summed E-state index contributed by atoms with van der Waals surface area (Å²) in [5, 5.41) is 3.16. The van der Waals surface area contributed by atoms with E-state index in [0.29, 0.717) is 6.54 Å². The first-order chi connectivity index (χ1) is 19.3. The number of hydrogen-bond donors (Lipinski definition) is 1. The Morgan fingerprint density at radius 1 is 0.927 bits per heavy atom. The molecular weight excluding hydrogens is 562 g/mol. The largest absolute Gasteiger partial charge is 0.495 e. The van der Waals surface area contributed by atoms with Crippen molar-refractivity contribution < 1.29 is 22.7 Å². The Balaban J connectivity index is 2.08. The first-order valence-corrected chi connectivity index (χ1v) is 15.2. The minimum atomic E-state index is -4.25. The molecule has 10 heteroatoms. The zero-order valence-electron chi connectivity index (χ0n) is 24.3. The van der Waals surface area contributed by atoms with Crippen LogP contribution in [-0.4, -0.2) is 51.4 Å². The lowest BCUT2D eigenvalue weighted by Gasteiger charge is -2.32.